The molecule has 12 unspecified atom stereocenters. The molecule has 0 N–H and O–H groups in total. The number of likely N-dealkylation sites (N-methyl/N-ethyl adjacent to an activating group) is 8. The zero-order valence-corrected chi connectivity index (χ0v) is 54.7. The molecule has 444 valence electrons. The highest BCUT2D eigenvalue weighted by molar-refractivity contribution is 5.03. The first kappa shape index (κ1) is 63.1. The Kier molecular flexibility index (Phi) is 19.9. The van der Waals surface area contributed by atoms with Crippen molar-refractivity contribution in [3.05, 3.63) is 0 Å². The maximum absolute atomic E-state index is 5.60. The first-order valence-electron chi connectivity index (χ1n) is 31.6. The van der Waals surface area contributed by atoms with Gasteiger partial charge in [0.1, 0.15) is 12.1 Å². The van der Waals surface area contributed by atoms with E-state index in [2.05, 4.69) is 216 Å². The molecular weight excluding hydrogens is 941 g/mol. The van der Waals surface area contributed by atoms with E-state index >= 15 is 0 Å². The number of piperazine rings is 6. The lowest BCUT2D eigenvalue weighted by Gasteiger charge is -2.58. The molecule has 13 heteroatoms. The van der Waals surface area contributed by atoms with Gasteiger partial charge in [-0.3, -0.25) is 39.2 Å². The number of rotatable bonds is 2. The Balaban J connectivity index is 0.000000133. The van der Waals surface area contributed by atoms with Crippen LogP contribution in [0.15, 0.2) is 0 Å². The minimum atomic E-state index is 0.301. The molecule has 0 aliphatic carbocycles. The molecule has 12 atom stereocenters. The van der Waals surface area contributed by atoms with Crippen LogP contribution in [-0.4, -0.2) is 313 Å². The summed E-state index contributed by atoms with van der Waals surface area (Å²) in [5.41, 5.74) is 1.49. The second kappa shape index (κ2) is 24.0. The van der Waals surface area contributed by atoms with E-state index in [9.17, 15) is 0 Å². The Hall–Kier alpha value is -0.520. The van der Waals surface area contributed by atoms with E-state index < -0.39 is 0 Å². The highest BCUT2D eigenvalue weighted by Crippen LogP contribution is 2.43. The highest BCUT2D eigenvalue weighted by atomic mass is 16.5. The topological polar surface area (TPSA) is 41.6 Å². The largest absolute Gasteiger partial charge is 0.378 e. The van der Waals surface area contributed by atoms with Crippen molar-refractivity contribution in [3.8, 4) is 0 Å². The Morgan fingerprint density at radius 2 is 0.816 bits per heavy atom. The van der Waals surface area contributed by atoms with Crippen molar-refractivity contribution >= 4 is 0 Å². The van der Waals surface area contributed by atoms with Crippen LogP contribution in [0.3, 0.4) is 0 Å². The van der Waals surface area contributed by atoms with Crippen molar-refractivity contribution in [2.75, 3.05) is 148 Å². The average Bonchev–Trinajstić information content (AvgIpc) is 3.98. The van der Waals surface area contributed by atoms with Crippen LogP contribution in [0.5, 0.6) is 0 Å². The summed E-state index contributed by atoms with van der Waals surface area (Å²) in [5.74, 6) is 0. The summed E-state index contributed by atoms with van der Waals surface area (Å²) < 4.78 is 8.16. The molecule has 13 nitrogen and oxygen atoms in total. The fourth-order valence-electron chi connectivity index (χ4n) is 16.6. The van der Waals surface area contributed by atoms with E-state index in [1.165, 1.54) is 119 Å². The minimum Gasteiger partial charge on any atom is -0.378 e. The molecule has 0 aromatic carbocycles. The van der Waals surface area contributed by atoms with E-state index in [1.807, 2.05) is 0 Å². The lowest BCUT2D eigenvalue weighted by molar-refractivity contribution is -0.988. The maximum Gasteiger partial charge on any atom is 0.103 e. The van der Waals surface area contributed by atoms with Gasteiger partial charge in [-0.05, 0) is 185 Å². The van der Waals surface area contributed by atoms with Gasteiger partial charge in [0.15, 0.2) is 0 Å². The first-order valence-corrected chi connectivity index (χ1v) is 31.6. The quantitative estimate of drug-likeness (QED) is 0.270. The van der Waals surface area contributed by atoms with Gasteiger partial charge in [-0.2, -0.15) is 0 Å². The number of likely N-dealkylation sites (tertiary alicyclic amines) is 4. The summed E-state index contributed by atoms with van der Waals surface area (Å²) in [4.78, 5) is 25.6. The monoisotopic (exact) mass is 1070 g/mol. The van der Waals surface area contributed by atoms with Crippen molar-refractivity contribution in [2.45, 2.75) is 262 Å². The molecule has 0 saturated carbocycles. The van der Waals surface area contributed by atoms with E-state index in [1.54, 1.807) is 0 Å². The van der Waals surface area contributed by atoms with Crippen LogP contribution < -0.4 is 0 Å². The second-order valence-electron chi connectivity index (χ2n) is 32.4. The molecular formula is C63H128N12O+2. The van der Waals surface area contributed by atoms with Crippen LogP contribution in [0, 0.1) is 0 Å². The van der Waals surface area contributed by atoms with Gasteiger partial charge in [0.2, 0.25) is 0 Å². The van der Waals surface area contributed by atoms with Crippen molar-refractivity contribution in [2.24, 2.45) is 0 Å². The number of hydrogen-bond donors (Lipinski definition) is 0. The Labute approximate surface area is 471 Å². The number of piperidine rings is 2. The normalized spacial score (nSPS) is 40.3. The standard InChI is InChI=1S/2C12H25N2.C11H22N2O.C10H20N2.2C9H18N2/c1-12(2,3)14(5)8-10-6-7-11(9-14)13(10)4;1-12(2,3)14(5)10-6-7-11(14)9-13(4)8-10;1-11(2,3)13-5-9-7-14-8-10(6-13)12(9)4;1-10(2,3)12-6-8-5-9(7-12)11(8)4;1-7(2)11-6-8-4-9(11)5-10(8)3;1-7(2)11-8-4-9(11)6-10(3)5-8/h2*10-11H,6-9H2,1-5H3;9-10H,5-8H2,1-4H3;8-9H,5-7H2,1-4H3;2*7-9H,4-6H2,1-3H3/q2*+1;;;;. The molecule has 14 heterocycles. The number of nitrogens with zero attached hydrogens (tertiary/aromatic N) is 12. The van der Waals surface area contributed by atoms with Crippen LogP contribution in [0.25, 0.3) is 0 Å². The SMILES string of the molecule is CC(C)N1C2CC1CN(C)C2.CC(C)N1CC2CC1CN2C.CN1C2CC1CN(C(C)(C)C)C2.CN1C2CCC1C[N+](C)(C(C)(C)C)C2.CN1C2COCC1CN(C(C)(C)C)C2.CN1CC2CCC(C1)[N+]2(C)C(C)(C)C. The summed E-state index contributed by atoms with van der Waals surface area (Å²) in [6.07, 6.45) is 10.0. The molecule has 14 aliphatic rings. The van der Waals surface area contributed by atoms with E-state index in [-0.39, 0.29) is 0 Å². The van der Waals surface area contributed by atoms with Gasteiger partial charge < -0.3 is 23.5 Å². The zero-order valence-electron chi connectivity index (χ0n) is 54.7. The lowest BCUT2D eigenvalue weighted by Crippen LogP contribution is -2.70. The molecule has 0 spiro atoms. The van der Waals surface area contributed by atoms with Gasteiger partial charge in [0.05, 0.1) is 76.6 Å². The first-order chi connectivity index (χ1) is 35.0. The summed E-state index contributed by atoms with van der Waals surface area (Å²) in [6.45, 7) is 54.6. The smallest absolute Gasteiger partial charge is 0.103 e. The van der Waals surface area contributed by atoms with Gasteiger partial charge in [0, 0.05) is 137 Å². The molecule has 14 aliphatic heterocycles. The summed E-state index contributed by atoms with van der Waals surface area (Å²) in [7, 11) is 18.5. The molecule has 76 heavy (non-hydrogen) atoms. The molecule has 14 rings (SSSR count). The van der Waals surface area contributed by atoms with Gasteiger partial charge in [-0.15, -0.1) is 0 Å². The summed E-state index contributed by atoms with van der Waals surface area (Å²) >= 11 is 0. The average molecular weight is 1070 g/mol. The van der Waals surface area contributed by atoms with Crippen LogP contribution in [-0.2, 0) is 4.74 Å². The number of morpholine rings is 1. The fourth-order valence-corrected chi connectivity index (χ4v) is 16.6. The minimum absolute atomic E-state index is 0.301. The number of hydrogen-bond acceptors (Lipinski definition) is 11. The highest BCUT2D eigenvalue weighted by Gasteiger charge is 2.56. The predicted octanol–water partition coefficient (Wildman–Crippen LogP) is 6.95. The molecule has 0 amide bonds. The zero-order chi connectivity index (χ0) is 56.4. The number of quaternary nitrogens is 2. The summed E-state index contributed by atoms with van der Waals surface area (Å²) in [5, 5.41) is 0. The van der Waals surface area contributed by atoms with Gasteiger partial charge in [-0.25, -0.2) is 0 Å². The van der Waals surface area contributed by atoms with Crippen molar-refractivity contribution in [1.29, 1.82) is 0 Å². The fraction of sp³-hybridized carbons (Fsp3) is 1.00. The third-order valence-electron chi connectivity index (χ3n) is 23.0. The van der Waals surface area contributed by atoms with Crippen molar-refractivity contribution in [3.63, 3.8) is 0 Å². The van der Waals surface area contributed by atoms with Crippen molar-refractivity contribution in [1.82, 2.24) is 49.0 Å². The molecule has 0 aromatic rings. The molecule has 14 saturated heterocycles. The Bertz CT molecular complexity index is 1760. The number of ether oxygens (including phenoxy) is 1. The second-order valence-corrected chi connectivity index (χ2v) is 32.4. The van der Waals surface area contributed by atoms with E-state index in [4.69, 9.17) is 4.74 Å². The molecule has 12 bridgehead atoms. The van der Waals surface area contributed by atoms with Crippen LogP contribution in [0.4, 0.5) is 0 Å². The Morgan fingerprint density at radius 1 is 0.408 bits per heavy atom. The van der Waals surface area contributed by atoms with E-state index in [0.717, 1.165) is 98.8 Å². The van der Waals surface area contributed by atoms with Crippen LogP contribution >= 0.6 is 0 Å². The molecule has 0 radical (unpaired) electrons. The van der Waals surface area contributed by atoms with Gasteiger partial charge in [0.25, 0.3) is 0 Å². The number of fused-ring (bicyclic) bond motifs is 12. The molecule has 14 fully saturated rings. The van der Waals surface area contributed by atoms with E-state index in [0.29, 0.717) is 34.2 Å². The third kappa shape index (κ3) is 13.8. The maximum atomic E-state index is 5.60. The Morgan fingerprint density at radius 3 is 1.18 bits per heavy atom. The van der Waals surface area contributed by atoms with Gasteiger partial charge >= 0.3 is 0 Å². The van der Waals surface area contributed by atoms with Crippen LogP contribution in [0.1, 0.15) is 156 Å². The summed E-state index contributed by atoms with van der Waals surface area (Å²) in [6, 6.07) is 11.3. The third-order valence-corrected chi connectivity index (χ3v) is 23.0. The lowest BCUT2D eigenvalue weighted by atomic mass is 9.86. The van der Waals surface area contributed by atoms with Crippen LogP contribution in [0.2, 0.25) is 0 Å². The molecule has 0 aromatic heterocycles. The van der Waals surface area contributed by atoms with Crippen molar-refractivity contribution < 1.29 is 13.7 Å². The predicted molar refractivity (Wildman–Crippen MR) is 323 cm³/mol. The van der Waals surface area contributed by atoms with Gasteiger partial charge in [-0.1, -0.05) is 0 Å².